The van der Waals surface area contributed by atoms with Crippen molar-refractivity contribution < 1.29 is 19.4 Å². The SMILES string of the molecule is Cc1cc(Br)ccc1OCCC(=O)N1CCN(CCC(=O)O)CC1. The van der Waals surface area contributed by atoms with Crippen molar-refractivity contribution in [1.29, 1.82) is 0 Å². The van der Waals surface area contributed by atoms with Crippen LogP contribution in [0.2, 0.25) is 0 Å². The first-order valence-corrected chi connectivity index (χ1v) is 8.86. The largest absolute Gasteiger partial charge is 0.493 e. The molecule has 0 unspecified atom stereocenters. The maximum atomic E-state index is 12.2. The number of carbonyl (C=O) groups is 2. The summed E-state index contributed by atoms with van der Waals surface area (Å²) >= 11 is 3.41. The maximum Gasteiger partial charge on any atom is 0.304 e. The molecule has 0 spiro atoms. The third-order valence-electron chi connectivity index (χ3n) is 4.08. The van der Waals surface area contributed by atoms with Crippen LogP contribution in [-0.2, 0) is 9.59 Å². The number of hydrogen-bond acceptors (Lipinski definition) is 4. The Kier molecular flexibility index (Phi) is 7.05. The molecule has 6 nitrogen and oxygen atoms in total. The van der Waals surface area contributed by atoms with E-state index >= 15 is 0 Å². The quantitative estimate of drug-likeness (QED) is 0.761. The standard InChI is InChI=1S/C17H23BrN2O4/c1-13-12-14(18)2-3-15(13)24-11-5-16(21)20-9-7-19(8-10-20)6-4-17(22)23/h2-3,12H,4-11H2,1H3,(H,22,23). The third kappa shape index (κ3) is 5.79. The topological polar surface area (TPSA) is 70.1 Å². The number of rotatable bonds is 7. The molecule has 1 N–H and O–H groups in total. The van der Waals surface area contributed by atoms with Crippen molar-refractivity contribution in [1.82, 2.24) is 9.80 Å². The van der Waals surface area contributed by atoms with E-state index in [0.717, 1.165) is 28.9 Å². The lowest BCUT2D eigenvalue weighted by Gasteiger charge is -2.34. The Morgan fingerprint density at radius 1 is 1.21 bits per heavy atom. The van der Waals surface area contributed by atoms with Crippen LogP contribution in [0.5, 0.6) is 5.75 Å². The molecule has 7 heteroatoms. The molecule has 1 amide bonds. The zero-order valence-corrected chi connectivity index (χ0v) is 15.4. The van der Waals surface area contributed by atoms with E-state index in [1.807, 2.05) is 30.0 Å². The molecular formula is C17H23BrN2O4. The van der Waals surface area contributed by atoms with Crippen molar-refractivity contribution in [2.24, 2.45) is 0 Å². The number of ether oxygens (including phenoxy) is 1. The van der Waals surface area contributed by atoms with E-state index in [9.17, 15) is 9.59 Å². The highest BCUT2D eigenvalue weighted by molar-refractivity contribution is 9.10. The molecule has 132 valence electrons. The summed E-state index contributed by atoms with van der Waals surface area (Å²) in [5, 5.41) is 8.70. The van der Waals surface area contributed by atoms with Gasteiger partial charge < -0.3 is 14.7 Å². The van der Waals surface area contributed by atoms with Crippen molar-refractivity contribution in [3.05, 3.63) is 28.2 Å². The minimum Gasteiger partial charge on any atom is -0.493 e. The van der Waals surface area contributed by atoms with Crippen LogP contribution in [0, 0.1) is 6.92 Å². The molecule has 2 rings (SSSR count). The molecule has 24 heavy (non-hydrogen) atoms. The highest BCUT2D eigenvalue weighted by Crippen LogP contribution is 2.22. The fourth-order valence-corrected chi connectivity index (χ4v) is 3.13. The molecule has 1 saturated heterocycles. The van der Waals surface area contributed by atoms with E-state index in [1.54, 1.807) is 0 Å². The molecule has 1 heterocycles. The van der Waals surface area contributed by atoms with E-state index in [-0.39, 0.29) is 12.3 Å². The number of carbonyl (C=O) groups excluding carboxylic acids is 1. The van der Waals surface area contributed by atoms with E-state index in [4.69, 9.17) is 9.84 Å². The van der Waals surface area contributed by atoms with Crippen molar-refractivity contribution in [2.75, 3.05) is 39.3 Å². The lowest BCUT2D eigenvalue weighted by atomic mass is 10.2. The van der Waals surface area contributed by atoms with Gasteiger partial charge >= 0.3 is 5.97 Å². The van der Waals surface area contributed by atoms with Crippen LogP contribution in [0.25, 0.3) is 0 Å². The molecule has 0 aliphatic carbocycles. The van der Waals surface area contributed by atoms with Gasteiger partial charge in [0.15, 0.2) is 0 Å². The fraction of sp³-hybridized carbons (Fsp3) is 0.529. The van der Waals surface area contributed by atoms with Gasteiger partial charge in [-0.05, 0) is 30.7 Å². The van der Waals surface area contributed by atoms with Crippen molar-refractivity contribution in [3.8, 4) is 5.75 Å². The molecule has 1 aromatic carbocycles. The smallest absolute Gasteiger partial charge is 0.304 e. The first-order valence-electron chi connectivity index (χ1n) is 8.06. The number of hydrogen-bond donors (Lipinski definition) is 1. The Labute approximate surface area is 150 Å². The van der Waals surface area contributed by atoms with Crippen molar-refractivity contribution in [3.63, 3.8) is 0 Å². The molecule has 0 saturated carbocycles. The van der Waals surface area contributed by atoms with Gasteiger partial charge in [0.1, 0.15) is 5.75 Å². The zero-order chi connectivity index (χ0) is 17.5. The Hall–Kier alpha value is -1.60. The predicted molar refractivity (Wildman–Crippen MR) is 94.3 cm³/mol. The number of nitrogens with zero attached hydrogens (tertiary/aromatic N) is 2. The van der Waals surface area contributed by atoms with Gasteiger partial charge in [-0.2, -0.15) is 0 Å². The lowest BCUT2D eigenvalue weighted by molar-refractivity contribution is -0.138. The van der Waals surface area contributed by atoms with Crippen LogP contribution in [0.4, 0.5) is 0 Å². The van der Waals surface area contributed by atoms with Crippen LogP contribution in [-0.4, -0.2) is 66.1 Å². The molecular weight excluding hydrogens is 376 g/mol. The van der Waals surface area contributed by atoms with Gasteiger partial charge in [-0.15, -0.1) is 0 Å². The molecule has 1 aliphatic rings. The average molecular weight is 399 g/mol. The summed E-state index contributed by atoms with van der Waals surface area (Å²) in [7, 11) is 0. The summed E-state index contributed by atoms with van der Waals surface area (Å²) in [6.07, 6.45) is 0.499. The molecule has 0 bridgehead atoms. The number of aryl methyl sites for hydroxylation is 1. The van der Waals surface area contributed by atoms with E-state index in [1.165, 1.54) is 0 Å². The van der Waals surface area contributed by atoms with Gasteiger partial charge in [0.25, 0.3) is 0 Å². The molecule has 1 aliphatic heterocycles. The minimum absolute atomic E-state index is 0.0858. The number of halogens is 1. The predicted octanol–water partition coefficient (Wildman–Crippen LogP) is 2.15. The van der Waals surface area contributed by atoms with Gasteiger partial charge in [-0.1, -0.05) is 15.9 Å². The highest BCUT2D eigenvalue weighted by Gasteiger charge is 2.21. The Balaban J connectivity index is 1.69. The van der Waals surface area contributed by atoms with Gasteiger partial charge in [-0.3, -0.25) is 14.5 Å². The summed E-state index contributed by atoms with van der Waals surface area (Å²) in [6, 6.07) is 5.79. The normalized spacial score (nSPS) is 15.3. The Bertz CT molecular complexity index is 586. The van der Waals surface area contributed by atoms with Crippen LogP contribution >= 0.6 is 15.9 Å². The Morgan fingerprint density at radius 3 is 2.54 bits per heavy atom. The minimum atomic E-state index is -0.783. The van der Waals surface area contributed by atoms with Gasteiger partial charge in [0.2, 0.25) is 5.91 Å². The second kappa shape index (κ2) is 9.03. The maximum absolute atomic E-state index is 12.2. The average Bonchev–Trinajstić information content (AvgIpc) is 2.55. The number of piperazine rings is 1. The molecule has 1 aromatic rings. The first kappa shape index (κ1) is 18.7. The molecule has 0 atom stereocenters. The number of aliphatic carboxylic acids is 1. The fourth-order valence-electron chi connectivity index (χ4n) is 2.66. The van der Waals surface area contributed by atoms with Gasteiger partial charge in [0, 0.05) is 37.2 Å². The van der Waals surface area contributed by atoms with Crippen LogP contribution in [0.1, 0.15) is 18.4 Å². The molecule has 0 radical (unpaired) electrons. The van der Waals surface area contributed by atoms with Crippen LogP contribution < -0.4 is 4.74 Å². The van der Waals surface area contributed by atoms with Crippen molar-refractivity contribution in [2.45, 2.75) is 19.8 Å². The van der Waals surface area contributed by atoms with E-state index in [0.29, 0.717) is 32.7 Å². The first-order chi connectivity index (χ1) is 11.5. The molecule has 0 aromatic heterocycles. The zero-order valence-electron chi connectivity index (χ0n) is 13.8. The number of amides is 1. The van der Waals surface area contributed by atoms with Gasteiger partial charge in [-0.25, -0.2) is 0 Å². The van der Waals surface area contributed by atoms with Crippen molar-refractivity contribution >= 4 is 27.8 Å². The van der Waals surface area contributed by atoms with E-state index in [2.05, 4.69) is 20.8 Å². The Morgan fingerprint density at radius 2 is 1.92 bits per heavy atom. The second-order valence-corrected chi connectivity index (χ2v) is 6.79. The lowest BCUT2D eigenvalue weighted by Crippen LogP contribution is -2.49. The van der Waals surface area contributed by atoms with Crippen LogP contribution in [0.3, 0.4) is 0 Å². The summed E-state index contributed by atoms with van der Waals surface area (Å²) in [6.45, 7) is 5.63. The summed E-state index contributed by atoms with van der Waals surface area (Å²) in [5.74, 6) is 0.0982. The second-order valence-electron chi connectivity index (χ2n) is 5.87. The monoisotopic (exact) mass is 398 g/mol. The van der Waals surface area contributed by atoms with E-state index < -0.39 is 5.97 Å². The number of benzene rings is 1. The summed E-state index contributed by atoms with van der Waals surface area (Å²) in [5.41, 5.74) is 1.03. The highest BCUT2D eigenvalue weighted by atomic mass is 79.9. The summed E-state index contributed by atoms with van der Waals surface area (Å²) in [4.78, 5) is 26.7. The molecule has 1 fully saturated rings. The number of carboxylic acids is 1. The third-order valence-corrected chi connectivity index (χ3v) is 4.57. The number of carboxylic acid groups (broad SMARTS) is 1. The summed E-state index contributed by atoms with van der Waals surface area (Å²) < 4.78 is 6.70. The van der Waals surface area contributed by atoms with Gasteiger partial charge in [0.05, 0.1) is 19.4 Å². The van der Waals surface area contributed by atoms with Crippen LogP contribution in [0.15, 0.2) is 22.7 Å².